The lowest BCUT2D eigenvalue weighted by molar-refractivity contribution is -0.126. The highest BCUT2D eigenvalue weighted by atomic mass is 16.5. The summed E-state index contributed by atoms with van der Waals surface area (Å²) < 4.78 is 5.48. The average Bonchev–Trinajstić information content (AvgIpc) is 2.87. The summed E-state index contributed by atoms with van der Waals surface area (Å²) in [5.41, 5.74) is 3.41. The van der Waals surface area contributed by atoms with E-state index in [4.69, 9.17) is 4.74 Å². The second-order valence-electron chi connectivity index (χ2n) is 8.27. The van der Waals surface area contributed by atoms with Crippen LogP contribution in [0.15, 0.2) is 67.1 Å². The summed E-state index contributed by atoms with van der Waals surface area (Å²) in [6.07, 6.45) is 6.03. The highest BCUT2D eigenvalue weighted by Crippen LogP contribution is 2.38. The molecular weight excluding hydrogens is 402 g/mol. The van der Waals surface area contributed by atoms with Crippen LogP contribution in [0, 0.1) is 5.92 Å². The van der Waals surface area contributed by atoms with Gasteiger partial charge in [0.2, 0.25) is 5.91 Å². The number of rotatable bonds is 5. The summed E-state index contributed by atoms with van der Waals surface area (Å²) in [5.74, 6) is 1.74. The predicted molar refractivity (Wildman–Crippen MR) is 124 cm³/mol. The van der Waals surface area contributed by atoms with Crippen LogP contribution in [-0.2, 0) is 17.8 Å². The van der Waals surface area contributed by atoms with E-state index in [0.29, 0.717) is 13.0 Å². The molecule has 2 aromatic heterocycles. The summed E-state index contributed by atoms with van der Waals surface area (Å²) in [4.78, 5) is 26.7. The number of anilines is 2. The molecule has 1 fully saturated rings. The number of piperazine rings is 1. The molecule has 2 atom stereocenters. The molecule has 4 heterocycles. The first-order valence-electron chi connectivity index (χ1n) is 11.0. The van der Waals surface area contributed by atoms with Crippen molar-refractivity contribution in [3.05, 3.63) is 78.2 Å². The molecule has 1 aromatic carbocycles. The number of aromatic nitrogens is 2. The molecule has 164 valence electrons. The van der Waals surface area contributed by atoms with E-state index in [0.717, 1.165) is 36.8 Å². The number of benzene rings is 1. The molecular formula is C25H27N5O2. The fourth-order valence-electron chi connectivity index (χ4n) is 4.77. The van der Waals surface area contributed by atoms with Crippen LogP contribution in [0.5, 0.6) is 5.75 Å². The molecule has 2 unspecified atom stereocenters. The molecule has 0 aliphatic carbocycles. The van der Waals surface area contributed by atoms with Gasteiger partial charge in [0.25, 0.3) is 0 Å². The van der Waals surface area contributed by atoms with Gasteiger partial charge in [0.05, 0.1) is 19.1 Å². The number of fused-ring (bicyclic) bond motifs is 3. The SMILES string of the molecule is COc1ccc2c(c1)N1CCN(c3ccccn3)CC1C(C(=O)NCc1ccncc1)C2. The zero-order chi connectivity index (χ0) is 21.9. The summed E-state index contributed by atoms with van der Waals surface area (Å²) in [6.45, 7) is 2.94. The molecule has 7 heteroatoms. The lowest BCUT2D eigenvalue weighted by Crippen LogP contribution is -2.61. The number of ether oxygens (including phenoxy) is 1. The summed E-state index contributed by atoms with van der Waals surface area (Å²) in [7, 11) is 1.69. The second-order valence-corrected chi connectivity index (χ2v) is 8.27. The quantitative estimate of drug-likeness (QED) is 0.673. The molecule has 1 N–H and O–H groups in total. The van der Waals surface area contributed by atoms with Gasteiger partial charge < -0.3 is 19.9 Å². The Kier molecular flexibility index (Phi) is 5.62. The van der Waals surface area contributed by atoms with Gasteiger partial charge in [-0.25, -0.2) is 4.98 Å². The maximum atomic E-state index is 13.4. The Labute approximate surface area is 188 Å². The van der Waals surface area contributed by atoms with Crippen LogP contribution >= 0.6 is 0 Å². The van der Waals surface area contributed by atoms with Crippen LogP contribution in [0.4, 0.5) is 11.5 Å². The number of pyridine rings is 2. The number of amides is 1. The zero-order valence-electron chi connectivity index (χ0n) is 18.1. The maximum absolute atomic E-state index is 13.4. The van der Waals surface area contributed by atoms with Gasteiger partial charge in [-0.2, -0.15) is 0 Å². The van der Waals surface area contributed by atoms with Crippen LogP contribution in [0.2, 0.25) is 0 Å². The van der Waals surface area contributed by atoms with E-state index < -0.39 is 0 Å². The van der Waals surface area contributed by atoms with Crippen molar-refractivity contribution >= 4 is 17.4 Å². The van der Waals surface area contributed by atoms with Crippen LogP contribution < -0.4 is 19.9 Å². The van der Waals surface area contributed by atoms with Crippen molar-refractivity contribution < 1.29 is 9.53 Å². The van der Waals surface area contributed by atoms with E-state index in [1.54, 1.807) is 19.5 Å². The second kappa shape index (κ2) is 8.86. The van der Waals surface area contributed by atoms with Gasteiger partial charge in [0.15, 0.2) is 0 Å². The van der Waals surface area contributed by atoms with Gasteiger partial charge in [0, 0.05) is 56.5 Å². The molecule has 3 aromatic rings. The number of nitrogens with one attached hydrogen (secondary N) is 1. The standard InChI is InChI=1S/C25H27N5O2/c1-32-20-6-5-19-14-21(25(31)28-16-18-7-10-26-11-8-18)23-17-29(24-4-2-3-9-27-24)12-13-30(23)22(19)15-20/h2-11,15,21,23H,12-14,16-17H2,1H3,(H,28,31). The minimum absolute atomic E-state index is 0.0582. The van der Waals surface area contributed by atoms with Gasteiger partial charge >= 0.3 is 0 Å². The first kappa shape index (κ1) is 20.3. The number of carbonyl (C=O) groups is 1. The normalized spacial score (nSPS) is 19.7. The summed E-state index contributed by atoms with van der Waals surface area (Å²) >= 11 is 0. The van der Waals surface area contributed by atoms with Crippen molar-refractivity contribution in [3.8, 4) is 5.75 Å². The third-order valence-corrected chi connectivity index (χ3v) is 6.45. The molecule has 7 nitrogen and oxygen atoms in total. The van der Waals surface area contributed by atoms with Gasteiger partial charge in [-0.1, -0.05) is 12.1 Å². The minimum Gasteiger partial charge on any atom is -0.497 e. The van der Waals surface area contributed by atoms with E-state index in [1.807, 2.05) is 42.6 Å². The highest BCUT2D eigenvalue weighted by molar-refractivity contribution is 5.82. The fraction of sp³-hybridized carbons (Fsp3) is 0.320. The van der Waals surface area contributed by atoms with Gasteiger partial charge in [-0.15, -0.1) is 0 Å². The molecule has 32 heavy (non-hydrogen) atoms. The Morgan fingerprint density at radius 3 is 2.78 bits per heavy atom. The van der Waals surface area contributed by atoms with Crippen molar-refractivity contribution in [2.45, 2.75) is 19.0 Å². The molecule has 0 saturated carbocycles. The Hall–Kier alpha value is -3.61. The van der Waals surface area contributed by atoms with Gasteiger partial charge in [-0.3, -0.25) is 9.78 Å². The average molecular weight is 430 g/mol. The van der Waals surface area contributed by atoms with Gasteiger partial charge in [-0.05, 0) is 47.9 Å². The number of hydrogen-bond donors (Lipinski definition) is 1. The lowest BCUT2D eigenvalue weighted by Gasteiger charge is -2.49. The van der Waals surface area contributed by atoms with E-state index in [-0.39, 0.29) is 17.9 Å². The molecule has 0 spiro atoms. The molecule has 0 radical (unpaired) electrons. The van der Waals surface area contributed by atoms with E-state index in [9.17, 15) is 4.79 Å². The lowest BCUT2D eigenvalue weighted by atomic mass is 9.83. The van der Waals surface area contributed by atoms with Crippen LogP contribution in [-0.4, -0.2) is 48.7 Å². The fourth-order valence-corrected chi connectivity index (χ4v) is 4.77. The number of methoxy groups -OCH3 is 1. The van der Waals surface area contributed by atoms with Crippen molar-refractivity contribution in [2.24, 2.45) is 5.92 Å². The smallest absolute Gasteiger partial charge is 0.225 e. The molecule has 2 aliphatic rings. The van der Waals surface area contributed by atoms with Gasteiger partial charge in [0.1, 0.15) is 11.6 Å². The largest absolute Gasteiger partial charge is 0.497 e. The van der Waals surface area contributed by atoms with Crippen molar-refractivity contribution in [1.82, 2.24) is 15.3 Å². The first-order valence-corrected chi connectivity index (χ1v) is 11.0. The Balaban J connectivity index is 1.42. The van der Waals surface area contributed by atoms with E-state index in [1.165, 1.54) is 11.3 Å². The zero-order valence-corrected chi connectivity index (χ0v) is 18.1. The summed E-state index contributed by atoms with van der Waals surface area (Å²) in [5, 5.41) is 3.16. The number of carbonyl (C=O) groups excluding carboxylic acids is 1. The third-order valence-electron chi connectivity index (χ3n) is 6.45. The van der Waals surface area contributed by atoms with Crippen molar-refractivity contribution in [1.29, 1.82) is 0 Å². The molecule has 1 amide bonds. The maximum Gasteiger partial charge on any atom is 0.225 e. The van der Waals surface area contributed by atoms with E-state index >= 15 is 0 Å². The van der Waals surface area contributed by atoms with E-state index in [2.05, 4.69) is 37.2 Å². The van der Waals surface area contributed by atoms with Crippen LogP contribution in [0.1, 0.15) is 11.1 Å². The van der Waals surface area contributed by atoms with Crippen molar-refractivity contribution in [2.75, 3.05) is 36.5 Å². The monoisotopic (exact) mass is 429 g/mol. The Morgan fingerprint density at radius 1 is 1.12 bits per heavy atom. The summed E-state index contributed by atoms with van der Waals surface area (Å²) in [6, 6.07) is 16.1. The Morgan fingerprint density at radius 2 is 2.00 bits per heavy atom. The topological polar surface area (TPSA) is 70.6 Å². The molecule has 0 bridgehead atoms. The van der Waals surface area contributed by atoms with Crippen molar-refractivity contribution in [3.63, 3.8) is 0 Å². The molecule has 5 rings (SSSR count). The number of nitrogens with zero attached hydrogens (tertiary/aromatic N) is 4. The molecule has 2 aliphatic heterocycles. The number of hydrogen-bond acceptors (Lipinski definition) is 6. The predicted octanol–water partition coefficient (Wildman–Crippen LogP) is 2.67. The van der Waals surface area contributed by atoms with Crippen LogP contribution in [0.3, 0.4) is 0 Å². The Bertz CT molecular complexity index is 1080. The van der Waals surface area contributed by atoms with Crippen LogP contribution in [0.25, 0.3) is 0 Å². The minimum atomic E-state index is -0.149. The first-order chi connectivity index (χ1) is 15.7. The third kappa shape index (κ3) is 3.98. The highest BCUT2D eigenvalue weighted by Gasteiger charge is 2.41. The molecule has 1 saturated heterocycles.